The van der Waals surface area contributed by atoms with Crippen LogP contribution in [-0.2, 0) is 28.1 Å². The molecule has 0 saturated carbocycles. The van der Waals surface area contributed by atoms with Crippen molar-refractivity contribution < 1.29 is 9.53 Å². The topological polar surface area (TPSA) is 85.2 Å². The van der Waals surface area contributed by atoms with Crippen molar-refractivity contribution in [2.45, 2.75) is 39.3 Å². The van der Waals surface area contributed by atoms with Crippen LogP contribution in [0.4, 0.5) is 11.5 Å². The Hall–Kier alpha value is -2.48. The van der Waals surface area contributed by atoms with Crippen LogP contribution >= 0.6 is 0 Å². The summed E-state index contributed by atoms with van der Waals surface area (Å²) in [5, 5.41) is 7.43. The van der Waals surface area contributed by atoms with Gasteiger partial charge in [0, 0.05) is 38.9 Å². The monoisotopic (exact) mass is 346 g/mol. The predicted octanol–water partition coefficient (Wildman–Crippen LogP) is 1.95. The van der Waals surface area contributed by atoms with Gasteiger partial charge >= 0.3 is 0 Å². The molecule has 0 saturated heterocycles. The van der Waals surface area contributed by atoms with E-state index in [-0.39, 0.29) is 17.9 Å². The van der Waals surface area contributed by atoms with Crippen LogP contribution in [0.15, 0.2) is 18.5 Å². The van der Waals surface area contributed by atoms with Gasteiger partial charge < -0.3 is 15.0 Å². The summed E-state index contributed by atoms with van der Waals surface area (Å²) < 4.78 is 6.78. The Balaban J connectivity index is 2.20. The molecule has 0 atom stereocenters. The third-order valence-electron chi connectivity index (χ3n) is 3.44. The number of likely N-dealkylation sites (N-methyl/N-ethyl adjacent to an activating group) is 1. The van der Waals surface area contributed by atoms with E-state index in [2.05, 4.69) is 41.2 Å². The molecule has 1 N–H and O–H groups in total. The van der Waals surface area contributed by atoms with Gasteiger partial charge in [0.05, 0.1) is 24.2 Å². The summed E-state index contributed by atoms with van der Waals surface area (Å²) in [6.45, 7) is 6.80. The number of carbonyl (C=O) groups is 1. The fourth-order valence-corrected chi connectivity index (χ4v) is 2.06. The maximum absolute atomic E-state index is 11.8. The molecule has 1 amide bonds. The van der Waals surface area contributed by atoms with Crippen LogP contribution in [0.25, 0.3) is 0 Å². The molecule has 8 heteroatoms. The third kappa shape index (κ3) is 5.25. The Bertz CT molecular complexity index is 733. The largest absolute Gasteiger partial charge is 0.378 e. The number of hydrogen-bond acceptors (Lipinski definition) is 6. The van der Waals surface area contributed by atoms with Gasteiger partial charge in [-0.1, -0.05) is 20.8 Å². The molecular weight excluding hydrogens is 320 g/mol. The summed E-state index contributed by atoms with van der Waals surface area (Å²) in [5.41, 5.74) is 1.39. The van der Waals surface area contributed by atoms with Crippen molar-refractivity contribution in [1.29, 1.82) is 0 Å². The Morgan fingerprint density at radius 1 is 1.32 bits per heavy atom. The molecule has 2 heterocycles. The first-order chi connectivity index (χ1) is 11.7. The van der Waals surface area contributed by atoms with Crippen molar-refractivity contribution in [3.8, 4) is 0 Å². The van der Waals surface area contributed by atoms with E-state index in [0.29, 0.717) is 12.4 Å². The van der Waals surface area contributed by atoms with Crippen molar-refractivity contribution in [2.24, 2.45) is 0 Å². The van der Waals surface area contributed by atoms with Gasteiger partial charge in [-0.2, -0.15) is 5.10 Å². The number of nitrogens with one attached hydrogen (secondary N) is 1. The van der Waals surface area contributed by atoms with Crippen molar-refractivity contribution in [3.05, 3.63) is 30.0 Å². The zero-order chi connectivity index (χ0) is 18.6. The minimum atomic E-state index is -0.178. The van der Waals surface area contributed by atoms with E-state index in [1.54, 1.807) is 38.3 Å². The molecule has 2 aromatic heterocycles. The van der Waals surface area contributed by atoms with Crippen molar-refractivity contribution in [2.75, 3.05) is 26.5 Å². The van der Waals surface area contributed by atoms with Crippen LogP contribution < -0.4 is 5.32 Å². The van der Waals surface area contributed by atoms with E-state index in [0.717, 1.165) is 17.2 Å². The zero-order valence-corrected chi connectivity index (χ0v) is 15.7. The maximum Gasteiger partial charge on any atom is 0.243 e. The van der Waals surface area contributed by atoms with E-state index in [4.69, 9.17) is 4.74 Å². The second-order valence-electron chi connectivity index (χ2n) is 7.09. The van der Waals surface area contributed by atoms with Crippen LogP contribution in [0, 0.1) is 0 Å². The summed E-state index contributed by atoms with van der Waals surface area (Å²) in [7, 11) is 5.08. The molecular formula is C17H26N6O2. The number of ether oxygens (including phenoxy) is 1. The number of rotatable bonds is 6. The molecule has 2 aromatic rings. The first kappa shape index (κ1) is 18.9. The van der Waals surface area contributed by atoms with E-state index < -0.39 is 0 Å². The first-order valence-electron chi connectivity index (χ1n) is 8.06. The number of amides is 1. The van der Waals surface area contributed by atoms with Gasteiger partial charge in [-0.3, -0.25) is 9.48 Å². The Kier molecular flexibility index (Phi) is 5.73. The minimum absolute atomic E-state index is 0.0194. The highest BCUT2D eigenvalue weighted by molar-refractivity contribution is 5.75. The van der Waals surface area contributed by atoms with Gasteiger partial charge in [-0.15, -0.1) is 0 Å². The molecule has 0 aromatic carbocycles. The van der Waals surface area contributed by atoms with Crippen LogP contribution in [0.3, 0.4) is 0 Å². The number of methoxy groups -OCH3 is 1. The second-order valence-corrected chi connectivity index (χ2v) is 7.09. The summed E-state index contributed by atoms with van der Waals surface area (Å²) in [5.74, 6) is 1.39. The Morgan fingerprint density at radius 2 is 2.04 bits per heavy atom. The quantitative estimate of drug-likeness (QED) is 0.860. The molecule has 0 radical (unpaired) electrons. The lowest BCUT2D eigenvalue weighted by Crippen LogP contribution is -2.26. The highest BCUT2D eigenvalue weighted by atomic mass is 16.5. The summed E-state index contributed by atoms with van der Waals surface area (Å²) in [6.07, 6.45) is 3.44. The molecule has 2 rings (SSSR count). The average Bonchev–Trinajstić information content (AvgIpc) is 2.93. The van der Waals surface area contributed by atoms with Gasteiger partial charge in [0.25, 0.3) is 0 Å². The predicted molar refractivity (Wildman–Crippen MR) is 95.6 cm³/mol. The Labute approximate surface area is 148 Å². The van der Waals surface area contributed by atoms with Gasteiger partial charge in [-0.25, -0.2) is 9.97 Å². The molecule has 0 bridgehead atoms. The number of carbonyl (C=O) groups excluding carboxylic acids is 1. The normalized spacial score (nSPS) is 11.4. The standard InChI is InChI=1S/C17H26N6O2/c1-17(2,3)16-20-12(11-25-6)7-14(21-16)19-13-8-18-23(9-13)10-15(24)22(4)5/h7-9H,10-11H2,1-6H3,(H,19,20,21). The molecule has 136 valence electrons. The summed E-state index contributed by atoms with van der Waals surface area (Å²) in [6, 6.07) is 1.85. The lowest BCUT2D eigenvalue weighted by atomic mass is 9.95. The Morgan fingerprint density at radius 3 is 2.64 bits per heavy atom. The minimum Gasteiger partial charge on any atom is -0.378 e. The first-order valence-corrected chi connectivity index (χ1v) is 8.06. The zero-order valence-electron chi connectivity index (χ0n) is 15.7. The fourth-order valence-electron chi connectivity index (χ4n) is 2.06. The van der Waals surface area contributed by atoms with E-state index in [1.165, 1.54) is 4.90 Å². The molecule has 8 nitrogen and oxygen atoms in total. The van der Waals surface area contributed by atoms with E-state index >= 15 is 0 Å². The molecule has 0 aliphatic carbocycles. The molecule has 0 unspecified atom stereocenters. The van der Waals surface area contributed by atoms with Gasteiger partial charge in [0.1, 0.15) is 18.2 Å². The van der Waals surface area contributed by atoms with Crippen molar-refractivity contribution in [1.82, 2.24) is 24.6 Å². The van der Waals surface area contributed by atoms with Gasteiger partial charge in [0.2, 0.25) is 5.91 Å². The third-order valence-corrected chi connectivity index (χ3v) is 3.44. The number of nitrogens with zero attached hydrogens (tertiary/aromatic N) is 5. The van der Waals surface area contributed by atoms with E-state index in [9.17, 15) is 4.79 Å². The van der Waals surface area contributed by atoms with Gasteiger partial charge in [0.15, 0.2) is 0 Å². The van der Waals surface area contributed by atoms with Crippen LogP contribution in [0.2, 0.25) is 0 Å². The lowest BCUT2D eigenvalue weighted by molar-refractivity contribution is -0.129. The van der Waals surface area contributed by atoms with Crippen LogP contribution in [0.1, 0.15) is 32.3 Å². The van der Waals surface area contributed by atoms with Crippen molar-refractivity contribution in [3.63, 3.8) is 0 Å². The number of anilines is 2. The fraction of sp³-hybridized carbons (Fsp3) is 0.529. The van der Waals surface area contributed by atoms with Gasteiger partial charge in [-0.05, 0) is 0 Å². The molecule has 0 spiro atoms. The highest BCUT2D eigenvalue weighted by Crippen LogP contribution is 2.22. The number of hydrogen-bond donors (Lipinski definition) is 1. The van der Waals surface area contributed by atoms with E-state index in [1.807, 2.05) is 6.07 Å². The van der Waals surface area contributed by atoms with Crippen LogP contribution in [-0.4, -0.2) is 51.8 Å². The second kappa shape index (κ2) is 7.60. The molecule has 0 fully saturated rings. The van der Waals surface area contributed by atoms with Crippen LogP contribution in [0.5, 0.6) is 0 Å². The molecule has 25 heavy (non-hydrogen) atoms. The lowest BCUT2D eigenvalue weighted by Gasteiger charge is -2.18. The average molecular weight is 346 g/mol. The number of aromatic nitrogens is 4. The summed E-state index contributed by atoms with van der Waals surface area (Å²) in [4.78, 5) is 22.4. The maximum atomic E-state index is 11.8. The summed E-state index contributed by atoms with van der Waals surface area (Å²) >= 11 is 0. The SMILES string of the molecule is COCc1cc(Nc2cnn(CC(=O)N(C)C)c2)nc(C(C)(C)C)n1. The molecule has 0 aliphatic rings. The van der Waals surface area contributed by atoms with Crippen molar-refractivity contribution >= 4 is 17.4 Å². The smallest absolute Gasteiger partial charge is 0.243 e. The highest BCUT2D eigenvalue weighted by Gasteiger charge is 2.19. The molecule has 0 aliphatic heterocycles.